The van der Waals surface area contributed by atoms with Crippen molar-refractivity contribution in [1.82, 2.24) is 31.9 Å². The minimum atomic E-state index is -2.26. The smallest absolute Gasteiger partial charge is 0.295 e. The number of phenols is 3. The van der Waals surface area contributed by atoms with Gasteiger partial charge in [-0.2, -0.15) is 0 Å². The van der Waals surface area contributed by atoms with Crippen LogP contribution in [0, 0.1) is 23.7 Å². The molecule has 11 bridgehead atoms. The molecule has 7 aliphatic rings. The van der Waals surface area contributed by atoms with Crippen molar-refractivity contribution in [1.29, 1.82) is 0 Å². The summed E-state index contributed by atoms with van der Waals surface area (Å²) >= 11 is 14.5. The number of benzene rings is 7. The van der Waals surface area contributed by atoms with E-state index < -0.39 is 281 Å². The van der Waals surface area contributed by atoms with E-state index in [1.165, 1.54) is 30.3 Å². The van der Waals surface area contributed by atoms with Gasteiger partial charge in [-0.05, 0) is 157 Å². The molecule has 130 heavy (non-hydrogen) atoms. The number of hydrogen-bond donors (Lipinski definition) is 21. The van der Waals surface area contributed by atoms with Gasteiger partial charge in [0.25, 0.3) is 6.47 Å². The molecule has 6 aliphatic heterocycles. The number of halogens is 2. The molecular weight excluding hydrogens is 1740 g/mol. The molecular formula is C92H109Cl2N7O29. The summed E-state index contributed by atoms with van der Waals surface area (Å²) < 4.78 is 39.4. The lowest BCUT2D eigenvalue weighted by Gasteiger charge is -2.49. The molecule has 1 saturated carbocycles. The number of phenolic OH excluding ortho intramolecular Hbond substituents is 3. The van der Waals surface area contributed by atoms with E-state index in [1.807, 2.05) is 63.2 Å². The Kier molecular flexibility index (Phi) is 32.4. The van der Waals surface area contributed by atoms with Gasteiger partial charge >= 0.3 is 0 Å². The van der Waals surface area contributed by atoms with Gasteiger partial charge in [0.2, 0.25) is 47.8 Å². The van der Waals surface area contributed by atoms with Crippen molar-refractivity contribution in [2.45, 2.75) is 227 Å². The molecule has 6 heterocycles. The lowest BCUT2D eigenvalue weighted by molar-refractivity contribution is -0.299. The summed E-state index contributed by atoms with van der Waals surface area (Å²) in [5.41, 5.74) is 2.92. The quantitative estimate of drug-likeness (QED) is 0.0227. The number of amides is 5. The lowest BCUT2D eigenvalue weighted by atomic mass is 9.73. The van der Waals surface area contributed by atoms with Gasteiger partial charge < -0.3 is 138 Å². The van der Waals surface area contributed by atoms with Crippen LogP contribution in [-0.4, -0.2) is 230 Å². The molecule has 22 N–H and O–H groups in total. The normalized spacial score (nSPS) is 26.6. The number of ketones is 3. The number of hydrogen-bond acceptors (Lipinski definition) is 31. The Morgan fingerprint density at radius 3 is 2.04 bits per heavy atom. The maximum Gasteiger partial charge on any atom is 0.295 e. The van der Waals surface area contributed by atoms with E-state index in [0.29, 0.717) is 6.42 Å². The van der Waals surface area contributed by atoms with E-state index in [4.69, 9.17) is 57.4 Å². The zero-order chi connectivity index (χ0) is 94.2. The minimum absolute atomic E-state index is 0.00499. The number of ether oxygens (including phenoxy) is 6. The Morgan fingerprint density at radius 1 is 0.723 bits per heavy atom. The van der Waals surface area contributed by atoms with Crippen LogP contribution in [0.1, 0.15) is 168 Å². The van der Waals surface area contributed by atoms with Crippen molar-refractivity contribution >= 4 is 87.3 Å². The average Bonchev–Trinajstić information content (AvgIpc) is 0.756. The molecule has 3 unspecified atom stereocenters. The summed E-state index contributed by atoms with van der Waals surface area (Å²) in [4.78, 5) is 132. The first-order chi connectivity index (χ1) is 61.8. The van der Waals surface area contributed by atoms with Crippen LogP contribution in [0.3, 0.4) is 0 Å². The van der Waals surface area contributed by atoms with Crippen LogP contribution in [0.5, 0.6) is 46.0 Å². The first-order valence-corrected chi connectivity index (χ1v) is 43.6. The number of nitrogens with two attached hydrogens (primary N) is 1. The van der Waals surface area contributed by atoms with Crippen LogP contribution in [0.4, 0.5) is 0 Å². The predicted molar refractivity (Wildman–Crippen MR) is 464 cm³/mol. The highest BCUT2D eigenvalue weighted by Crippen LogP contribution is 2.52. The number of aromatic hydroxyl groups is 3. The van der Waals surface area contributed by atoms with Crippen molar-refractivity contribution in [3.63, 3.8) is 0 Å². The molecule has 1 saturated heterocycles. The average molecular weight is 1850 g/mol. The maximum absolute atomic E-state index is 16.6. The highest BCUT2D eigenvalue weighted by Gasteiger charge is 2.52. The minimum Gasteiger partial charge on any atom is -0.507 e. The largest absolute Gasteiger partial charge is 0.507 e. The monoisotopic (exact) mass is 1850 g/mol. The summed E-state index contributed by atoms with van der Waals surface area (Å²) in [5.74, 6) is -18.9. The number of Topliss-reactive ketones (excluding diaryl/α,β-unsaturated/α-hetero) is 3. The molecule has 7 aromatic carbocycles. The number of aliphatic hydroxyl groups is 11. The Bertz CT molecular complexity index is 5330. The first-order valence-electron chi connectivity index (χ1n) is 42.8. The molecule has 22 atom stereocenters. The number of nitrogens with one attached hydrogen (secondary N) is 6. The van der Waals surface area contributed by atoms with E-state index in [0.717, 1.165) is 58.8 Å². The topological polar surface area (TPSA) is 590 Å². The molecule has 2 fully saturated rings. The molecule has 36 nitrogen and oxygen atoms in total. The van der Waals surface area contributed by atoms with Gasteiger partial charge in [0.15, 0.2) is 28.8 Å². The second-order valence-electron chi connectivity index (χ2n) is 34.4. The second kappa shape index (κ2) is 42.7. The molecule has 0 spiro atoms. The van der Waals surface area contributed by atoms with Gasteiger partial charge in [0.05, 0.1) is 52.9 Å². The van der Waals surface area contributed by atoms with Crippen molar-refractivity contribution in [3.05, 3.63) is 164 Å². The number of aliphatic hydroxyl groups excluding tert-OH is 11. The van der Waals surface area contributed by atoms with Gasteiger partial charge in [-0.3, -0.25) is 43.2 Å². The number of rotatable bonds is 29. The van der Waals surface area contributed by atoms with Gasteiger partial charge in [-0.1, -0.05) is 112 Å². The molecule has 0 radical (unpaired) electrons. The first kappa shape index (κ1) is 98.4. The van der Waals surface area contributed by atoms with Crippen LogP contribution in [-0.2, 0) is 70.5 Å². The van der Waals surface area contributed by atoms with Gasteiger partial charge in [-0.25, -0.2) is 0 Å². The van der Waals surface area contributed by atoms with Crippen LogP contribution in [0.15, 0.2) is 115 Å². The fourth-order valence-electron chi connectivity index (χ4n) is 17.5. The number of carbonyl (C=O) groups is 9. The highest BCUT2D eigenvalue weighted by atomic mass is 35.5. The predicted octanol–water partition coefficient (Wildman–Crippen LogP) is 4.48. The van der Waals surface area contributed by atoms with Crippen molar-refractivity contribution in [2.75, 3.05) is 19.8 Å². The summed E-state index contributed by atoms with van der Waals surface area (Å²) in [6.07, 6.45) is -28.3. The second-order valence-corrected chi connectivity index (χ2v) is 35.2. The van der Waals surface area contributed by atoms with E-state index in [1.54, 1.807) is 13.8 Å². The molecule has 38 heteroatoms. The third-order valence-electron chi connectivity index (χ3n) is 24.7. The summed E-state index contributed by atoms with van der Waals surface area (Å²) in [5, 5.41) is 177. The van der Waals surface area contributed by atoms with Crippen LogP contribution in [0.25, 0.3) is 21.9 Å². The van der Waals surface area contributed by atoms with Crippen molar-refractivity contribution in [2.24, 2.45) is 29.4 Å². The fraction of sp³-hybridized carbons (Fsp3) is 0.467. The Labute approximate surface area is 756 Å². The molecule has 1 aliphatic carbocycles. The number of fused-ring (bicyclic) bond motifs is 16. The van der Waals surface area contributed by atoms with E-state index in [-0.39, 0.29) is 103 Å². The van der Waals surface area contributed by atoms with E-state index >= 15 is 24.0 Å². The molecule has 700 valence electrons. The van der Waals surface area contributed by atoms with Crippen molar-refractivity contribution in [3.8, 4) is 57.1 Å². The molecule has 5 amide bonds. The third kappa shape index (κ3) is 22.1. The highest BCUT2D eigenvalue weighted by molar-refractivity contribution is 6.32. The van der Waals surface area contributed by atoms with Crippen molar-refractivity contribution < 1.29 is 143 Å². The Balaban J connectivity index is 1.02. The SMILES string of the molecule is CC[C@H](CC(C)C)C(=O)N[C@H]1C(=O)C[C@@H](CC(N)=O)C(=O)N[C@H]2C(=O)C[C@@H]3C(=O)N[C@H](C(=O)N[C@H](OC=O)c4cc(O)c(CNCCCCC(=O)[C@H](O)[C@@H](O)[C@H](O)[C@H](O)CO)c(O)c4-c4cc3ccc4O)[C@H](O)c3ccc(c(Cl)c3)Oc3cc2cc(c3O[C@@H]2O[C@H](CO)C(O)C(O)[C@H]2O[C@@H]2C[C@@H](C)[C@@H](O)C(C)(NCc3cccc4ccccc34)C2)Oc2ccc(cc2Cl)[C@H]1O. The van der Waals surface area contributed by atoms with Crippen LogP contribution < -0.4 is 51.8 Å². The van der Waals surface area contributed by atoms with Gasteiger partial charge in [0, 0.05) is 66.9 Å². The Morgan fingerprint density at radius 2 is 1.39 bits per heavy atom. The molecule has 7 aromatic rings. The zero-order valence-electron chi connectivity index (χ0n) is 71.6. The third-order valence-corrected chi connectivity index (χ3v) is 25.3. The summed E-state index contributed by atoms with van der Waals surface area (Å²) in [6.45, 7) is 6.84. The van der Waals surface area contributed by atoms with Crippen LogP contribution >= 0.6 is 23.2 Å². The van der Waals surface area contributed by atoms with E-state index in [2.05, 4.69) is 31.9 Å². The maximum atomic E-state index is 16.6. The van der Waals surface area contributed by atoms with Crippen LogP contribution in [0.2, 0.25) is 10.0 Å². The zero-order valence-corrected chi connectivity index (χ0v) is 73.1. The molecule has 0 aromatic heterocycles. The lowest BCUT2D eigenvalue weighted by Crippen LogP contribution is -2.64. The number of carbonyl (C=O) groups excluding carboxylic acids is 9. The fourth-order valence-corrected chi connectivity index (χ4v) is 18.0. The van der Waals surface area contributed by atoms with Gasteiger partial charge in [-0.15, -0.1) is 0 Å². The Hall–Kier alpha value is -10.6. The van der Waals surface area contributed by atoms with E-state index in [9.17, 15) is 90.7 Å². The molecule has 14 rings (SSSR count). The summed E-state index contributed by atoms with van der Waals surface area (Å²) in [6, 6.07) is 20.8. The summed E-state index contributed by atoms with van der Waals surface area (Å²) in [7, 11) is 0. The standard InChI is InChI=1S/C92H109Cl2N7O29/c1-6-43(24-41(2)3)86(121)99-73-62(108)29-50(32-70(95)111)87(122)98-72-49-30-67(127-65-21-18-46(75(73)112)27-57(65)93)83(130-91-84(82(119)80(117)69(39-103)129-91)126-51-25-42(4)85(120)92(5,35-51)97-36-48-14-11-13-44-12-7-8-15-52(44)48)68(31-49)128-66-22-19-47(28-58(66)94)76(113)74-89(124)101-90(125-40-104)55-34-61(107)56(37-96-23-10-9-16-60(106)78(115)81(118)79(116)64(110)38-102)77(114)71(55)54-26-45(17-20-59(54)105)53(33-63(72)109)88(123)100-74/h7-8,11-15,17-22,26-28,30-31,34,40-43,50-51,53,64,69,72-76,78-82,84-85,90-91,96-97,102-103,105,107,110,112-120H,6,9-10,16,23-25,29,32-33,35-39H2,1-5H3,(H2,95,111)(H,98,122)(H,99,121)(H,100,123)(H,101,124)/t42-,43-,50+,51-,53+,64-,69-,72-,73+,74+,75-,76-,78+,79-,80?,81-,82?,84-,85-,90-,91+,92?/m1/s1. The van der Waals surface area contributed by atoms with Gasteiger partial charge in [0.1, 0.15) is 108 Å². The number of primary amides is 1. The number of unbranched alkanes of at least 4 members (excludes halogenated alkanes) is 1.